The van der Waals surface area contributed by atoms with Crippen molar-refractivity contribution >= 4 is 8.25 Å². The third-order valence-corrected chi connectivity index (χ3v) is 0.837. The van der Waals surface area contributed by atoms with Crippen molar-refractivity contribution in [2.45, 2.75) is 6.29 Å². The Labute approximate surface area is 47.0 Å². The number of aliphatic hydroxyl groups excluding tert-OH is 1. The van der Waals surface area contributed by atoms with E-state index in [1.165, 1.54) is 0 Å². The standard InChI is InChI=1S/C2H6NO4P/c3-1-2(4)7-8(5)6/h2,4H,1,3H2/p+1. The second kappa shape index (κ2) is 3.88. The molecular weight excluding hydrogens is 133 g/mol. The second-order valence-corrected chi connectivity index (χ2v) is 1.72. The van der Waals surface area contributed by atoms with Gasteiger partial charge in [0.1, 0.15) is 0 Å². The average molecular weight is 140 g/mol. The van der Waals surface area contributed by atoms with Crippen LogP contribution in [-0.4, -0.2) is 22.8 Å². The molecule has 6 heteroatoms. The predicted molar refractivity (Wildman–Crippen MR) is 26.0 cm³/mol. The first kappa shape index (κ1) is 7.94. The maximum absolute atomic E-state index is 9.68. The number of hydrogen-bond acceptors (Lipinski definition) is 4. The molecular formula is C2H7NO4P+. The molecule has 0 fully saturated rings. The summed E-state index contributed by atoms with van der Waals surface area (Å²) in [5.41, 5.74) is 4.81. The Bertz CT molecular complexity index is 86.1. The Morgan fingerprint density at radius 3 is 2.50 bits per heavy atom. The van der Waals surface area contributed by atoms with Crippen molar-refractivity contribution in [2.24, 2.45) is 5.73 Å². The van der Waals surface area contributed by atoms with E-state index < -0.39 is 14.5 Å². The Morgan fingerprint density at radius 1 is 1.88 bits per heavy atom. The lowest BCUT2D eigenvalue weighted by molar-refractivity contribution is -0.00998. The lowest BCUT2D eigenvalue weighted by Gasteiger charge is -1.93. The molecule has 0 aliphatic heterocycles. The van der Waals surface area contributed by atoms with Gasteiger partial charge in [-0.1, -0.05) is 4.52 Å². The van der Waals surface area contributed by atoms with Gasteiger partial charge in [0.2, 0.25) is 6.29 Å². The fourth-order valence-electron chi connectivity index (χ4n) is 0.147. The molecule has 0 amide bonds. The summed E-state index contributed by atoms with van der Waals surface area (Å²) in [6.45, 7) is -0.179. The molecule has 5 nitrogen and oxygen atoms in total. The Hall–Kier alpha value is -0.0600. The van der Waals surface area contributed by atoms with Crippen LogP contribution in [0, 0.1) is 0 Å². The normalized spacial score (nSPS) is 15.6. The number of aliphatic hydroxyl groups is 1. The Balaban J connectivity index is 3.24. The number of hydrogen-bond donors (Lipinski definition) is 3. The fraction of sp³-hybridized carbons (Fsp3) is 1.00. The molecule has 0 aromatic carbocycles. The van der Waals surface area contributed by atoms with Gasteiger partial charge in [0, 0.05) is 11.1 Å². The molecule has 4 N–H and O–H groups in total. The molecule has 0 aliphatic carbocycles. The summed E-state index contributed by atoms with van der Waals surface area (Å²) in [5, 5.41) is 8.34. The van der Waals surface area contributed by atoms with Gasteiger partial charge in [0.15, 0.2) is 0 Å². The molecule has 2 unspecified atom stereocenters. The highest BCUT2D eigenvalue weighted by atomic mass is 31.1. The minimum Gasteiger partial charge on any atom is -0.363 e. The predicted octanol–water partition coefficient (Wildman–Crippen LogP) is -1.07. The maximum Gasteiger partial charge on any atom is 0.697 e. The summed E-state index contributed by atoms with van der Waals surface area (Å²) in [6.07, 6.45) is -1.33. The summed E-state index contributed by atoms with van der Waals surface area (Å²) < 4.78 is 13.6. The van der Waals surface area contributed by atoms with Crippen LogP contribution in [-0.2, 0) is 9.09 Å². The van der Waals surface area contributed by atoms with Crippen molar-refractivity contribution in [1.82, 2.24) is 0 Å². The van der Waals surface area contributed by atoms with Gasteiger partial charge in [-0.25, -0.2) is 0 Å². The van der Waals surface area contributed by atoms with Crippen LogP contribution in [0.4, 0.5) is 0 Å². The molecule has 0 heterocycles. The molecule has 8 heavy (non-hydrogen) atoms. The molecule has 48 valence electrons. The van der Waals surface area contributed by atoms with Crippen LogP contribution in [0.2, 0.25) is 0 Å². The minimum absolute atomic E-state index is 0.179. The Morgan fingerprint density at radius 2 is 2.38 bits per heavy atom. The van der Waals surface area contributed by atoms with Gasteiger partial charge in [-0.2, -0.15) is 0 Å². The Kier molecular flexibility index (Phi) is 3.85. The summed E-state index contributed by atoms with van der Waals surface area (Å²) in [5.74, 6) is 0. The van der Waals surface area contributed by atoms with Crippen molar-refractivity contribution in [3.8, 4) is 0 Å². The summed E-state index contributed by atoms with van der Waals surface area (Å²) >= 11 is 0. The van der Waals surface area contributed by atoms with Crippen LogP contribution in [0.3, 0.4) is 0 Å². The summed E-state index contributed by atoms with van der Waals surface area (Å²) in [4.78, 5) is 7.93. The van der Waals surface area contributed by atoms with E-state index in [1.807, 2.05) is 0 Å². The number of rotatable bonds is 3. The van der Waals surface area contributed by atoms with Crippen LogP contribution in [0.15, 0.2) is 0 Å². The average Bonchev–Trinajstić information content (AvgIpc) is 1.65. The minimum atomic E-state index is -2.73. The van der Waals surface area contributed by atoms with Crippen LogP contribution in [0.5, 0.6) is 0 Å². The number of nitrogens with two attached hydrogens (primary N) is 1. The van der Waals surface area contributed by atoms with E-state index in [2.05, 4.69) is 4.52 Å². The largest absolute Gasteiger partial charge is 0.697 e. The maximum atomic E-state index is 9.68. The third kappa shape index (κ3) is 4.11. The molecule has 0 aliphatic rings. The van der Waals surface area contributed by atoms with E-state index in [0.717, 1.165) is 0 Å². The monoisotopic (exact) mass is 140 g/mol. The lowest BCUT2D eigenvalue weighted by atomic mass is 10.7. The van der Waals surface area contributed by atoms with Gasteiger partial charge in [-0.3, -0.25) is 0 Å². The van der Waals surface area contributed by atoms with Crippen LogP contribution in [0.1, 0.15) is 0 Å². The topological polar surface area (TPSA) is 92.8 Å². The van der Waals surface area contributed by atoms with E-state index in [9.17, 15) is 4.57 Å². The SMILES string of the molecule is NCC(O)O[P+](=O)O. The molecule has 0 bridgehead atoms. The van der Waals surface area contributed by atoms with Crippen molar-refractivity contribution in [1.29, 1.82) is 0 Å². The van der Waals surface area contributed by atoms with E-state index in [1.54, 1.807) is 0 Å². The van der Waals surface area contributed by atoms with Gasteiger partial charge >= 0.3 is 8.25 Å². The van der Waals surface area contributed by atoms with E-state index >= 15 is 0 Å². The fourth-order valence-corrected chi connectivity index (χ4v) is 0.441. The highest BCUT2D eigenvalue weighted by molar-refractivity contribution is 7.32. The van der Waals surface area contributed by atoms with E-state index in [0.29, 0.717) is 0 Å². The highest BCUT2D eigenvalue weighted by Gasteiger charge is 2.18. The first-order valence-corrected chi connectivity index (χ1v) is 3.01. The molecule has 0 aromatic heterocycles. The summed E-state index contributed by atoms with van der Waals surface area (Å²) in [7, 11) is -2.73. The van der Waals surface area contributed by atoms with Gasteiger partial charge in [-0.15, -0.1) is 4.89 Å². The van der Waals surface area contributed by atoms with Crippen molar-refractivity contribution < 1.29 is 19.1 Å². The zero-order valence-electron chi connectivity index (χ0n) is 4.02. The van der Waals surface area contributed by atoms with Gasteiger partial charge in [-0.05, 0) is 0 Å². The second-order valence-electron chi connectivity index (χ2n) is 1.03. The molecule has 2 atom stereocenters. The van der Waals surface area contributed by atoms with E-state index in [-0.39, 0.29) is 6.54 Å². The third-order valence-electron chi connectivity index (χ3n) is 0.413. The van der Waals surface area contributed by atoms with Crippen LogP contribution < -0.4 is 5.73 Å². The molecule has 0 saturated heterocycles. The smallest absolute Gasteiger partial charge is 0.363 e. The first-order chi connectivity index (χ1) is 3.66. The zero-order valence-corrected chi connectivity index (χ0v) is 4.91. The van der Waals surface area contributed by atoms with Crippen LogP contribution >= 0.6 is 8.25 Å². The van der Waals surface area contributed by atoms with Gasteiger partial charge < -0.3 is 10.8 Å². The van der Waals surface area contributed by atoms with Gasteiger partial charge in [0.05, 0.1) is 0 Å². The first-order valence-electron chi connectivity index (χ1n) is 1.88. The molecule has 0 spiro atoms. The molecule has 0 saturated carbocycles. The highest BCUT2D eigenvalue weighted by Crippen LogP contribution is 2.15. The molecule has 0 rings (SSSR count). The quantitative estimate of drug-likeness (QED) is 0.343. The van der Waals surface area contributed by atoms with E-state index in [4.69, 9.17) is 15.7 Å². The molecule has 0 radical (unpaired) electrons. The summed E-state index contributed by atoms with van der Waals surface area (Å²) in [6, 6.07) is 0. The molecule has 0 aromatic rings. The van der Waals surface area contributed by atoms with Crippen molar-refractivity contribution in [2.75, 3.05) is 6.54 Å². The van der Waals surface area contributed by atoms with Crippen LogP contribution in [0.25, 0.3) is 0 Å². The van der Waals surface area contributed by atoms with Gasteiger partial charge in [0.25, 0.3) is 0 Å². The van der Waals surface area contributed by atoms with Crippen molar-refractivity contribution in [3.05, 3.63) is 0 Å². The lowest BCUT2D eigenvalue weighted by Crippen LogP contribution is -2.20. The zero-order chi connectivity index (χ0) is 6.57. The van der Waals surface area contributed by atoms with Crippen molar-refractivity contribution in [3.63, 3.8) is 0 Å².